The zero-order valence-electron chi connectivity index (χ0n) is 15.4. The molecule has 1 saturated heterocycles. The number of carboxylic acid groups (broad SMARTS) is 1. The molecule has 6 nitrogen and oxygen atoms in total. The lowest BCUT2D eigenvalue weighted by atomic mass is 10.0. The SMILES string of the molecule is C[C@H](CCCCCCCC/C=C/C(=O)[O-])O[C@@H]1O[C@@H](C)[C@H](O)C[C@H]1O. The van der Waals surface area contributed by atoms with Crippen LogP contribution >= 0.6 is 0 Å². The molecule has 1 heterocycles. The number of hydrogen-bond acceptors (Lipinski definition) is 6. The molecule has 0 bridgehead atoms. The first-order valence-electron chi connectivity index (χ1n) is 9.44. The van der Waals surface area contributed by atoms with Crippen LogP contribution in [0.2, 0.25) is 0 Å². The highest BCUT2D eigenvalue weighted by Crippen LogP contribution is 2.23. The minimum Gasteiger partial charge on any atom is -0.545 e. The molecular formula is C19H33O6-. The molecule has 25 heavy (non-hydrogen) atoms. The molecule has 1 rings (SSSR count). The summed E-state index contributed by atoms with van der Waals surface area (Å²) in [7, 11) is 0. The van der Waals surface area contributed by atoms with Crippen molar-refractivity contribution in [3.8, 4) is 0 Å². The van der Waals surface area contributed by atoms with Crippen LogP contribution in [0.3, 0.4) is 0 Å². The predicted molar refractivity (Wildman–Crippen MR) is 92.6 cm³/mol. The first kappa shape index (κ1) is 22.1. The normalized spacial score (nSPS) is 28.3. The Morgan fingerprint density at radius 3 is 2.52 bits per heavy atom. The molecule has 0 amide bonds. The Morgan fingerprint density at radius 1 is 1.20 bits per heavy atom. The largest absolute Gasteiger partial charge is 0.545 e. The van der Waals surface area contributed by atoms with E-state index in [1.54, 1.807) is 13.0 Å². The van der Waals surface area contributed by atoms with Crippen LogP contribution in [-0.4, -0.2) is 46.9 Å². The Hall–Kier alpha value is -0.950. The van der Waals surface area contributed by atoms with Crippen molar-refractivity contribution in [2.24, 2.45) is 0 Å². The second kappa shape index (κ2) is 12.4. The Balaban J connectivity index is 2.00. The van der Waals surface area contributed by atoms with Crippen LogP contribution in [0.5, 0.6) is 0 Å². The van der Waals surface area contributed by atoms with Gasteiger partial charge in [0.25, 0.3) is 0 Å². The van der Waals surface area contributed by atoms with Crippen molar-refractivity contribution < 1.29 is 29.6 Å². The highest BCUT2D eigenvalue weighted by molar-refractivity contribution is 5.77. The summed E-state index contributed by atoms with van der Waals surface area (Å²) in [5.41, 5.74) is 0. The molecule has 146 valence electrons. The van der Waals surface area contributed by atoms with Crippen molar-refractivity contribution in [1.29, 1.82) is 0 Å². The highest BCUT2D eigenvalue weighted by atomic mass is 16.7. The lowest BCUT2D eigenvalue weighted by molar-refractivity contribution is -0.297. The first-order valence-corrected chi connectivity index (χ1v) is 9.44. The average Bonchev–Trinajstić information content (AvgIpc) is 2.54. The van der Waals surface area contributed by atoms with Crippen molar-refractivity contribution >= 4 is 5.97 Å². The van der Waals surface area contributed by atoms with E-state index < -0.39 is 24.5 Å². The monoisotopic (exact) mass is 357 g/mol. The van der Waals surface area contributed by atoms with Gasteiger partial charge in [-0.1, -0.05) is 38.2 Å². The maximum absolute atomic E-state index is 10.2. The minimum atomic E-state index is -1.13. The van der Waals surface area contributed by atoms with Gasteiger partial charge in [-0.15, -0.1) is 0 Å². The maximum atomic E-state index is 10.2. The quantitative estimate of drug-likeness (QED) is 0.407. The van der Waals surface area contributed by atoms with Gasteiger partial charge in [-0.3, -0.25) is 0 Å². The summed E-state index contributed by atoms with van der Waals surface area (Å²) in [6.07, 6.45) is 8.96. The lowest BCUT2D eigenvalue weighted by Gasteiger charge is -2.36. The zero-order valence-corrected chi connectivity index (χ0v) is 15.4. The maximum Gasteiger partial charge on any atom is 0.184 e. The molecule has 0 saturated carbocycles. The molecule has 0 radical (unpaired) electrons. The summed E-state index contributed by atoms with van der Waals surface area (Å²) >= 11 is 0. The van der Waals surface area contributed by atoms with E-state index in [9.17, 15) is 20.1 Å². The summed E-state index contributed by atoms with van der Waals surface area (Å²) in [4.78, 5) is 10.2. The van der Waals surface area contributed by atoms with E-state index in [4.69, 9.17) is 9.47 Å². The van der Waals surface area contributed by atoms with Gasteiger partial charge >= 0.3 is 0 Å². The van der Waals surface area contributed by atoms with Gasteiger partial charge in [0.15, 0.2) is 6.29 Å². The van der Waals surface area contributed by atoms with E-state index in [1.165, 1.54) is 0 Å². The van der Waals surface area contributed by atoms with E-state index in [2.05, 4.69) is 0 Å². The molecule has 6 heteroatoms. The standard InChI is InChI=1S/C19H34O6/c1-14(24-19-17(21)13-16(20)15(2)25-19)11-9-7-5-3-4-6-8-10-12-18(22)23/h10,12,14-17,19-21H,3-9,11,13H2,1-2H3,(H,22,23)/p-1/b12-10+/t14-,15+,16-,17-,19-/m1/s1. The summed E-state index contributed by atoms with van der Waals surface area (Å²) < 4.78 is 11.3. The molecule has 1 fully saturated rings. The van der Waals surface area contributed by atoms with Gasteiger partial charge in [0.2, 0.25) is 0 Å². The number of unbranched alkanes of at least 4 members (excludes halogenated alkanes) is 6. The number of aliphatic carboxylic acids is 1. The van der Waals surface area contributed by atoms with Gasteiger partial charge in [0, 0.05) is 6.42 Å². The van der Waals surface area contributed by atoms with E-state index in [1.807, 2.05) is 6.92 Å². The van der Waals surface area contributed by atoms with Gasteiger partial charge in [-0.2, -0.15) is 0 Å². The van der Waals surface area contributed by atoms with Crippen LogP contribution in [0.4, 0.5) is 0 Å². The number of hydrogen-bond donors (Lipinski definition) is 2. The van der Waals surface area contributed by atoms with Gasteiger partial charge in [-0.25, -0.2) is 0 Å². The lowest BCUT2D eigenvalue weighted by Crippen LogP contribution is -2.48. The predicted octanol–water partition coefficient (Wildman–Crippen LogP) is 1.68. The van der Waals surface area contributed by atoms with Crippen molar-refractivity contribution in [3.05, 3.63) is 12.2 Å². The fourth-order valence-electron chi connectivity index (χ4n) is 2.94. The minimum absolute atomic E-state index is 0.0110. The molecule has 0 spiro atoms. The van der Waals surface area contributed by atoms with Crippen LogP contribution in [0, 0.1) is 0 Å². The molecule has 0 aromatic carbocycles. The molecule has 0 aliphatic carbocycles. The second-order valence-electron chi connectivity index (χ2n) is 6.95. The molecular weight excluding hydrogens is 324 g/mol. The van der Waals surface area contributed by atoms with Crippen molar-refractivity contribution in [1.82, 2.24) is 0 Å². The molecule has 2 N–H and O–H groups in total. The summed E-state index contributed by atoms with van der Waals surface area (Å²) in [6, 6.07) is 0. The Kier molecular flexibility index (Phi) is 11.0. The summed E-state index contributed by atoms with van der Waals surface area (Å²) in [5, 5.41) is 29.8. The number of aliphatic hydroxyl groups is 2. The van der Waals surface area contributed by atoms with Gasteiger partial charge in [0.05, 0.1) is 24.3 Å². The third-order valence-corrected chi connectivity index (χ3v) is 4.54. The number of aliphatic hydroxyl groups excluding tert-OH is 2. The third kappa shape index (κ3) is 9.94. The third-order valence-electron chi connectivity index (χ3n) is 4.54. The molecule has 5 atom stereocenters. The molecule has 1 aliphatic heterocycles. The number of carboxylic acids is 1. The number of carbonyl (C=O) groups is 1. The smallest absolute Gasteiger partial charge is 0.184 e. The van der Waals surface area contributed by atoms with E-state index in [0.717, 1.165) is 57.4 Å². The van der Waals surface area contributed by atoms with Gasteiger partial charge in [-0.05, 0) is 39.2 Å². The van der Waals surface area contributed by atoms with Crippen molar-refractivity contribution in [2.75, 3.05) is 0 Å². The topological polar surface area (TPSA) is 99.1 Å². The van der Waals surface area contributed by atoms with E-state index >= 15 is 0 Å². The van der Waals surface area contributed by atoms with Crippen LogP contribution in [-0.2, 0) is 14.3 Å². The fourth-order valence-corrected chi connectivity index (χ4v) is 2.94. The number of carbonyl (C=O) groups excluding carboxylic acids is 1. The number of rotatable bonds is 12. The highest BCUT2D eigenvalue weighted by Gasteiger charge is 2.35. The number of ether oxygens (including phenoxy) is 2. The van der Waals surface area contributed by atoms with Gasteiger partial charge in [0.1, 0.15) is 6.10 Å². The van der Waals surface area contributed by atoms with E-state index in [-0.39, 0.29) is 18.6 Å². The molecule has 1 aliphatic rings. The average molecular weight is 357 g/mol. The summed E-state index contributed by atoms with van der Waals surface area (Å²) in [6.45, 7) is 3.77. The van der Waals surface area contributed by atoms with Crippen LogP contribution < -0.4 is 5.11 Å². The van der Waals surface area contributed by atoms with E-state index in [0.29, 0.717) is 0 Å². The molecule has 0 aromatic rings. The summed E-state index contributed by atoms with van der Waals surface area (Å²) in [5.74, 6) is -1.13. The fraction of sp³-hybridized carbons (Fsp3) is 0.842. The molecule has 0 unspecified atom stereocenters. The van der Waals surface area contributed by atoms with Gasteiger partial charge < -0.3 is 29.6 Å². The zero-order chi connectivity index (χ0) is 18.7. The van der Waals surface area contributed by atoms with Crippen LogP contribution in [0.1, 0.15) is 71.6 Å². The van der Waals surface area contributed by atoms with Crippen molar-refractivity contribution in [3.63, 3.8) is 0 Å². The van der Waals surface area contributed by atoms with Crippen LogP contribution in [0.25, 0.3) is 0 Å². The Morgan fingerprint density at radius 2 is 1.84 bits per heavy atom. The first-order chi connectivity index (χ1) is 11.9. The number of allylic oxidation sites excluding steroid dienone is 1. The Labute approximate surface area is 150 Å². The second-order valence-corrected chi connectivity index (χ2v) is 6.95. The van der Waals surface area contributed by atoms with Crippen molar-refractivity contribution in [2.45, 2.75) is 102 Å². The van der Waals surface area contributed by atoms with Crippen LogP contribution in [0.15, 0.2) is 12.2 Å². The molecule has 0 aromatic heterocycles. The Bertz CT molecular complexity index is 397.